The van der Waals surface area contributed by atoms with Crippen molar-refractivity contribution in [1.82, 2.24) is 15.1 Å². The zero-order valence-electron chi connectivity index (χ0n) is 7.43. The molecule has 0 fully saturated rings. The number of aliphatic hydroxyl groups is 3. The molecule has 4 N–H and O–H groups in total. The monoisotopic (exact) mass is 179 g/mol. The first-order valence-corrected chi connectivity index (χ1v) is 3.63. The molecular formula is C6H17N3O3. The molecule has 0 aliphatic carbocycles. The molecule has 0 atom stereocenters. The Morgan fingerprint density at radius 3 is 1.75 bits per heavy atom. The molecule has 0 aliphatic rings. The third kappa shape index (κ3) is 3.44. The van der Waals surface area contributed by atoms with Gasteiger partial charge in [0.25, 0.3) is 0 Å². The van der Waals surface area contributed by atoms with E-state index in [0.717, 1.165) is 0 Å². The van der Waals surface area contributed by atoms with Crippen molar-refractivity contribution in [3.63, 3.8) is 0 Å². The lowest BCUT2D eigenvalue weighted by Gasteiger charge is -2.32. The van der Waals surface area contributed by atoms with Gasteiger partial charge in [-0.05, 0) is 14.1 Å². The fraction of sp³-hybridized carbons (Fsp3) is 1.00. The molecule has 6 nitrogen and oxygen atoms in total. The Morgan fingerprint density at radius 1 is 1.08 bits per heavy atom. The molecule has 6 heteroatoms. The maximum Gasteiger partial charge on any atom is 0.121 e. The van der Waals surface area contributed by atoms with Crippen molar-refractivity contribution in [3.8, 4) is 0 Å². The quantitative estimate of drug-likeness (QED) is 0.340. The van der Waals surface area contributed by atoms with E-state index in [2.05, 4.69) is 5.32 Å². The first-order valence-electron chi connectivity index (χ1n) is 3.63. The molecule has 0 bridgehead atoms. The van der Waals surface area contributed by atoms with E-state index in [0.29, 0.717) is 0 Å². The van der Waals surface area contributed by atoms with Gasteiger partial charge >= 0.3 is 0 Å². The maximum atomic E-state index is 8.77. The molecule has 0 radical (unpaired) electrons. The third-order valence-electron chi connectivity index (χ3n) is 1.56. The summed E-state index contributed by atoms with van der Waals surface area (Å²) in [5.41, 5.74) is 0. The Labute approximate surface area is 72.0 Å². The van der Waals surface area contributed by atoms with Crippen LogP contribution in [0.5, 0.6) is 0 Å². The number of nitrogens with one attached hydrogen (secondary N) is 1. The fourth-order valence-corrected chi connectivity index (χ4v) is 0.885. The van der Waals surface area contributed by atoms with E-state index >= 15 is 0 Å². The van der Waals surface area contributed by atoms with Gasteiger partial charge in [0.15, 0.2) is 0 Å². The van der Waals surface area contributed by atoms with Crippen LogP contribution in [0.2, 0.25) is 0 Å². The number of rotatable bonds is 6. The highest BCUT2D eigenvalue weighted by atomic mass is 16.3. The minimum absolute atomic E-state index is 0.151. The predicted molar refractivity (Wildman–Crippen MR) is 43.7 cm³/mol. The maximum absolute atomic E-state index is 8.77. The molecule has 0 spiro atoms. The van der Waals surface area contributed by atoms with Crippen LogP contribution in [0.3, 0.4) is 0 Å². The van der Waals surface area contributed by atoms with E-state index < -0.39 is 0 Å². The number of nitrogens with zero attached hydrogens (tertiary/aromatic N) is 2. The van der Waals surface area contributed by atoms with Gasteiger partial charge in [0, 0.05) is 0 Å². The molecule has 0 aromatic heterocycles. The zero-order chi connectivity index (χ0) is 9.56. The van der Waals surface area contributed by atoms with Crippen LogP contribution in [0, 0.1) is 0 Å². The summed E-state index contributed by atoms with van der Waals surface area (Å²) in [6.07, 6.45) is -0.370. The minimum Gasteiger partial charge on any atom is -0.381 e. The van der Waals surface area contributed by atoms with Crippen LogP contribution in [-0.2, 0) is 0 Å². The molecular weight excluding hydrogens is 162 g/mol. The molecule has 0 heterocycles. The summed E-state index contributed by atoms with van der Waals surface area (Å²) in [6.45, 7) is -0.511. The van der Waals surface area contributed by atoms with E-state index in [4.69, 9.17) is 15.3 Å². The number of hydrogen-bond donors (Lipinski definition) is 4. The number of hydrogen-bond acceptors (Lipinski definition) is 6. The van der Waals surface area contributed by atoms with Crippen molar-refractivity contribution in [2.45, 2.75) is 6.29 Å². The number of aliphatic hydroxyl groups excluding tert-OH is 3. The molecule has 0 aliphatic heterocycles. The molecule has 0 rings (SSSR count). The zero-order valence-corrected chi connectivity index (χ0v) is 7.43. The first-order chi connectivity index (χ1) is 5.67. The second-order valence-electron chi connectivity index (χ2n) is 2.53. The van der Waals surface area contributed by atoms with E-state index in [-0.39, 0.29) is 26.5 Å². The van der Waals surface area contributed by atoms with Crippen molar-refractivity contribution in [2.75, 3.05) is 34.3 Å². The molecule has 0 aromatic carbocycles. The van der Waals surface area contributed by atoms with Gasteiger partial charge in [-0.1, -0.05) is 0 Å². The highest BCUT2D eigenvalue weighted by Crippen LogP contribution is 1.95. The third-order valence-corrected chi connectivity index (χ3v) is 1.56. The summed E-state index contributed by atoms with van der Waals surface area (Å²) in [5.74, 6) is 0. The minimum atomic E-state index is -0.370. The summed E-state index contributed by atoms with van der Waals surface area (Å²) in [5, 5.41) is 28.8. The van der Waals surface area contributed by atoms with Crippen LogP contribution >= 0.6 is 0 Å². The van der Waals surface area contributed by atoms with Crippen molar-refractivity contribution >= 4 is 0 Å². The van der Waals surface area contributed by atoms with Crippen molar-refractivity contribution in [3.05, 3.63) is 0 Å². The van der Waals surface area contributed by atoms with E-state index in [9.17, 15) is 0 Å². The summed E-state index contributed by atoms with van der Waals surface area (Å²) in [7, 11) is 3.33. The Kier molecular flexibility index (Phi) is 6.17. The Hall–Kier alpha value is -0.240. The summed E-state index contributed by atoms with van der Waals surface area (Å²) >= 11 is 0. The Balaban J connectivity index is 4.01. The average Bonchev–Trinajstić information content (AvgIpc) is 2.11. The molecule has 12 heavy (non-hydrogen) atoms. The average molecular weight is 179 g/mol. The molecule has 0 aromatic rings. The SMILES string of the molecule is CN(CO)C(NCO)N(C)CO. The van der Waals surface area contributed by atoms with Gasteiger partial charge in [-0.3, -0.25) is 15.1 Å². The molecule has 74 valence electrons. The predicted octanol–water partition coefficient (Wildman–Crippen LogP) is -2.43. The van der Waals surface area contributed by atoms with Gasteiger partial charge in [-0.15, -0.1) is 0 Å². The second-order valence-corrected chi connectivity index (χ2v) is 2.53. The summed E-state index contributed by atoms with van der Waals surface area (Å²) in [4.78, 5) is 3.07. The van der Waals surface area contributed by atoms with E-state index in [1.165, 1.54) is 9.80 Å². The van der Waals surface area contributed by atoms with Gasteiger partial charge in [0.2, 0.25) is 0 Å². The lowest BCUT2D eigenvalue weighted by atomic mass is 10.6. The molecule has 0 amide bonds. The van der Waals surface area contributed by atoms with Gasteiger partial charge in [0.1, 0.15) is 6.29 Å². The topological polar surface area (TPSA) is 79.2 Å². The van der Waals surface area contributed by atoms with Gasteiger partial charge in [-0.2, -0.15) is 0 Å². The summed E-state index contributed by atoms with van der Waals surface area (Å²) < 4.78 is 0. The van der Waals surface area contributed by atoms with E-state index in [1.807, 2.05) is 0 Å². The van der Waals surface area contributed by atoms with Crippen LogP contribution in [0.25, 0.3) is 0 Å². The second kappa shape index (κ2) is 6.30. The van der Waals surface area contributed by atoms with Crippen LogP contribution < -0.4 is 5.32 Å². The van der Waals surface area contributed by atoms with Gasteiger partial charge < -0.3 is 15.3 Å². The lowest BCUT2D eigenvalue weighted by molar-refractivity contribution is -0.0469. The van der Waals surface area contributed by atoms with Crippen LogP contribution in [0.1, 0.15) is 0 Å². The largest absolute Gasteiger partial charge is 0.381 e. The van der Waals surface area contributed by atoms with Crippen molar-refractivity contribution in [2.24, 2.45) is 0 Å². The molecule has 0 saturated heterocycles. The fourth-order valence-electron chi connectivity index (χ4n) is 0.885. The van der Waals surface area contributed by atoms with Crippen molar-refractivity contribution in [1.29, 1.82) is 0 Å². The first kappa shape index (κ1) is 11.8. The smallest absolute Gasteiger partial charge is 0.121 e. The van der Waals surface area contributed by atoms with E-state index in [1.54, 1.807) is 14.1 Å². The van der Waals surface area contributed by atoms with Crippen LogP contribution in [0.15, 0.2) is 0 Å². The Bertz CT molecular complexity index is 104. The molecule has 0 unspecified atom stereocenters. The summed E-state index contributed by atoms with van der Waals surface area (Å²) in [6, 6.07) is 0. The molecule has 0 saturated carbocycles. The normalized spacial score (nSPS) is 12.0. The highest BCUT2D eigenvalue weighted by molar-refractivity contribution is 4.59. The highest BCUT2D eigenvalue weighted by Gasteiger charge is 2.16. The van der Waals surface area contributed by atoms with Crippen molar-refractivity contribution < 1.29 is 15.3 Å². The van der Waals surface area contributed by atoms with Gasteiger partial charge in [-0.25, -0.2) is 0 Å². The van der Waals surface area contributed by atoms with Gasteiger partial charge in [0.05, 0.1) is 20.2 Å². The van der Waals surface area contributed by atoms with Crippen LogP contribution in [-0.4, -0.2) is 65.7 Å². The van der Waals surface area contributed by atoms with Crippen LogP contribution in [0.4, 0.5) is 0 Å². The lowest BCUT2D eigenvalue weighted by Crippen LogP contribution is -2.54. The Morgan fingerprint density at radius 2 is 1.50 bits per heavy atom. The standard InChI is InChI=1S/C6H17N3O3/c1-8(4-11)6(7-3-10)9(2)5-12/h6-7,10-12H,3-5H2,1-2H3.